The smallest absolute Gasteiger partial charge is 0.224 e. The van der Waals surface area contributed by atoms with E-state index in [9.17, 15) is 19.8 Å². The molecule has 24 heavy (non-hydrogen) atoms. The maximum Gasteiger partial charge on any atom is 0.224 e. The van der Waals surface area contributed by atoms with Crippen molar-refractivity contribution < 1.29 is 19.8 Å². The summed E-state index contributed by atoms with van der Waals surface area (Å²) in [5.74, 6) is -1.33. The molecule has 0 amide bonds. The lowest BCUT2D eigenvalue weighted by atomic mass is 9.48. The third-order valence-electron chi connectivity index (χ3n) is 6.51. The molecule has 0 unspecified atom stereocenters. The Kier molecular flexibility index (Phi) is 3.83. The number of carbonyl (C=O) groups is 2. The summed E-state index contributed by atoms with van der Waals surface area (Å²) in [4.78, 5) is 25.9. The van der Waals surface area contributed by atoms with E-state index in [-0.39, 0.29) is 40.8 Å². The molecule has 0 radical (unpaired) electrons. The van der Waals surface area contributed by atoms with Crippen LogP contribution < -0.4 is 0 Å². The van der Waals surface area contributed by atoms with Crippen molar-refractivity contribution in [3.05, 3.63) is 22.5 Å². The Morgan fingerprint density at radius 2 is 1.71 bits per heavy atom. The van der Waals surface area contributed by atoms with Crippen LogP contribution in [0.2, 0.25) is 0 Å². The molecule has 4 nitrogen and oxygen atoms in total. The summed E-state index contributed by atoms with van der Waals surface area (Å²) in [5.41, 5.74) is 0.440. The molecule has 3 aliphatic carbocycles. The van der Waals surface area contributed by atoms with E-state index >= 15 is 0 Å². The lowest BCUT2D eigenvalue weighted by Gasteiger charge is -2.56. The predicted molar refractivity (Wildman–Crippen MR) is 91.4 cm³/mol. The van der Waals surface area contributed by atoms with Crippen molar-refractivity contribution in [2.45, 2.75) is 66.4 Å². The number of ketones is 2. The van der Waals surface area contributed by atoms with Crippen molar-refractivity contribution in [3.8, 4) is 0 Å². The first-order valence-electron chi connectivity index (χ1n) is 8.96. The molecule has 3 atom stereocenters. The highest BCUT2D eigenvalue weighted by molar-refractivity contribution is 6.25. The maximum atomic E-state index is 13.0. The number of rotatable bonds is 1. The third-order valence-corrected chi connectivity index (χ3v) is 6.51. The van der Waals surface area contributed by atoms with Crippen molar-refractivity contribution >= 4 is 11.6 Å². The Labute approximate surface area is 143 Å². The van der Waals surface area contributed by atoms with Gasteiger partial charge in [-0.1, -0.05) is 41.0 Å². The van der Waals surface area contributed by atoms with Crippen LogP contribution in [0.25, 0.3) is 0 Å². The molecule has 132 valence electrons. The third kappa shape index (κ3) is 2.15. The van der Waals surface area contributed by atoms with E-state index in [2.05, 4.69) is 13.8 Å². The molecule has 0 bridgehead atoms. The summed E-state index contributed by atoms with van der Waals surface area (Å²) in [7, 11) is 0. The van der Waals surface area contributed by atoms with Gasteiger partial charge in [0.1, 0.15) is 0 Å². The standard InChI is InChI=1S/C20H28O4/c1-10(2)13-15(22)11-9-12(21)18-19(3,4)7-6-8-20(18,5)14(11)17(24)16(13)23/h10,12,18,21,23H,6-9H2,1-5H3/t12-,18+,20-/m1/s1. The first-order valence-corrected chi connectivity index (χ1v) is 8.96. The summed E-state index contributed by atoms with van der Waals surface area (Å²) in [6.07, 6.45) is 2.29. The molecule has 2 N–H and O–H groups in total. The summed E-state index contributed by atoms with van der Waals surface area (Å²) in [6, 6.07) is 0. The second-order valence-corrected chi connectivity index (χ2v) is 8.94. The number of Topliss-reactive ketones (excluding diaryl/α,β-unsaturated/α-hetero) is 2. The Morgan fingerprint density at radius 1 is 1.08 bits per heavy atom. The highest BCUT2D eigenvalue weighted by Gasteiger charge is 2.58. The zero-order valence-electron chi connectivity index (χ0n) is 15.3. The first kappa shape index (κ1) is 17.4. The van der Waals surface area contributed by atoms with Gasteiger partial charge in [-0.05, 0) is 30.1 Å². The lowest BCUT2D eigenvalue weighted by Crippen LogP contribution is -2.55. The highest BCUT2D eigenvalue weighted by Crippen LogP contribution is 2.60. The fourth-order valence-corrected chi connectivity index (χ4v) is 5.73. The van der Waals surface area contributed by atoms with E-state index in [1.54, 1.807) is 13.8 Å². The molecule has 0 aliphatic heterocycles. The maximum absolute atomic E-state index is 13.0. The van der Waals surface area contributed by atoms with Crippen molar-refractivity contribution in [2.75, 3.05) is 0 Å². The van der Waals surface area contributed by atoms with Gasteiger partial charge >= 0.3 is 0 Å². The molecule has 3 aliphatic rings. The zero-order valence-corrected chi connectivity index (χ0v) is 15.3. The Morgan fingerprint density at radius 3 is 2.29 bits per heavy atom. The van der Waals surface area contributed by atoms with Crippen LogP contribution in [-0.2, 0) is 9.59 Å². The second kappa shape index (κ2) is 5.29. The number of fused-ring (bicyclic) bond motifs is 2. The van der Waals surface area contributed by atoms with Gasteiger partial charge in [-0.15, -0.1) is 0 Å². The predicted octanol–water partition coefficient (Wildman–Crippen LogP) is 3.50. The van der Waals surface area contributed by atoms with Crippen LogP contribution in [0.1, 0.15) is 60.3 Å². The van der Waals surface area contributed by atoms with Gasteiger partial charge in [0.15, 0.2) is 11.5 Å². The van der Waals surface area contributed by atoms with E-state index in [4.69, 9.17) is 0 Å². The highest BCUT2D eigenvalue weighted by atomic mass is 16.3. The fraction of sp³-hybridized carbons (Fsp3) is 0.700. The van der Waals surface area contributed by atoms with Crippen LogP contribution in [0.5, 0.6) is 0 Å². The average Bonchev–Trinajstić information content (AvgIpc) is 2.42. The summed E-state index contributed by atoms with van der Waals surface area (Å²) >= 11 is 0. The van der Waals surface area contributed by atoms with Crippen LogP contribution in [-0.4, -0.2) is 27.9 Å². The van der Waals surface area contributed by atoms with Crippen LogP contribution in [0.4, 0.5) is 0 Å². The number of hydrogen-bond donors (Lipinski definition) is 2. The van der Waals surface area contributed by atoms with Crippen LogP contribution in [0.3, 0.4) is 0 Å². The Hall–Kier alpha value is -1.42. The molecule has 1 saturated carbocycles. The molecule has 3 rings (SSSR count). The summed E-state index contributed by atoms with van der Waals surface area (Å²) in [5, 5.41) is 21.3. The van der Waals surface area contributed by atoms with E-state index in [1.807, 2.05) is 6.92 Å². The number of allylic oxidation sites excluding steroid dienone is 2. The molecule has 4 heteroatoms. The molecule has 0 aromatic carbocycles. The Bertz CT molecular complexity index is 680. The molecule has 0 saturated heterocycles. The van der Waals surface area contributed by atoms with Gasteiger partial charge < -0.3 is 10.2 Å². The largest absolute Gasteiger partial charge is 0.504 e. The summed E-state index contributed by atoms with van der Waals surface area (Å²) in [6.45, 7) is 9.86. The minimum absolute atomic E-state index is 0.0809. The van der Waals surface area contributed by atoms with Gasteiger partial charge in [0.25, 0.3) is 0 Å². The Balaban J connectivity index is 2.20. The molecule has 0 spiro atoms. The van der Waals surface area contributed by atoms with E-state index in [1.165, 1.54) is 0 Å². The van der Waals surface area contributed by atoms with Gasteiger partial charge in [0.05, 0.1) is 6.10 Å². The molecule has 1 fully saturated rings. The topological polar surface area (TPSA) is 74.6 Å². The number of carbonyl (C=O) groups excluding carboxylic acids is 2. The van der Waals surface area contributed by atoms with Gasteiger partial charge in [-0.2, -0.15) is 0 Å². The fourth-order valence-electron chi connectivity index (χ4n) is 5.73. The van der Waals surface area contributed by atoms with Gasteiger partial charge in [0, 0.05) is 28.6 Å². The van der Waals surface area contributed by atoms with Gasteiger partial charge in [-0.25, -0.2) is 0 Å². The van der Waals surface area contributed by atoms with Gasteiger partial charge in [-0.3, -0.25) is 9.59 Å². The van der Waals surface area contributed by atoms with Crippen LogP contribution in [0, 0.1) is 22.7 Å². The normalized spacial score (nSPS) is 36.1. The second-order valence-electron chi connectivity index (χ2n) is 8.94. The monoisotopic (exact) mass is 332 g/mol. The molecular formula is C20H28O4. The minimum Gasteiger partial charge on any atom is -0.504 e. The van der Waals surface area contributed by atoms with Crippen molar-refractivity contribution in [2.24, 2.45) is 22.7 Å². The number of aliphatic hydroxyl groups excluding tert-OH is 2. The SMILES string of the molecule is CC(C)C1=C(O)C(=O)C2=C(C[C@@H](O)[C@H]3C(C)(C)CCC[C@]23C)C1=O. The van der Waals surface area contributed by atoms with E-state index in [0.717, 1.165) is 19.3 Å². The van der Waals surface area contributed by atoms with E-state index < -0.39 is 17.3 Å². The molecular weight excluding hydrogens is 304 g/mol. The average molecular weight is 332 g/mol. The molecule has 0 aromatic heterocycles. The van der Waals surface area contributed by atoms with Crippen molar-refractivity contribution in [1.29, 1.82) is 0 Å². The minimum atomic E-state index is -0.630. The van der Waals surface area contributed by atoms with Crippen molar-refractivity contribution in [1.82, 2.24) is 0 Å². The first-order chi connectivity index (χ1) is 11.0. The molecule has 0 heterocycles. The molecule has 0 aromatic rings. The van der Waals surface area contributed by atoms with Crippen molar-refractivity contribution in [3.63, 3.8) is 0 Å². The summed E-state index contributed by atoms with van der Waals surface area (Å²) < 4.78 is 0. The zero-order chi connectivity index (χ0) is 18.0. The van der Waals surface area contributed by atoms with Crippen LogP contribution in [0.15, 0.2) is 22.5 Å². The quantitative estimate of drug-likeness (QED) is 0.721. The van der Waals surface area contributed by atoms with Gasteiger partial charge in [0.2, 0.25) is 5.78 Å². The number of aliphatic hydroxyl groups is 2. The van der Waals surface area contributed by atoms with E-state index in [0.29, 0.717) is 11.1 Å². The lowest BCUT2D eigenvalue weighted by molar-refractivity contribution is -0.126. The number of hydrogen-bond acceptors (Lipinski definition) is 4. The van der Waals surface area contributed by atoms with Crippen LogP contribution >= 0.6 is 0 Å².